The van der Waals surface area contributed by atoms with Crippen LogP contribution in [0.3, 0.4) is 0 Å². The van der Waals surface area contributed by atoms with Gasteiger partial charge in [0.25, 0.3) is 0 Å². The Morgan fingerprint density at radius 1 is 0.562 bits per heavy atom. The highest BCUT2D eigenvalue weighted by Gasteiger charge is 2.42. The number of ketones is 2. The van der Waals surface area contributed by atoms with Crippen molar-refractivity contribution in [3.05, 3.63) is 79.4 Å². The highest BCUT2D eigenvalue weighted by Crippen LogP contribution is 2.33. The highest BCUT2D eigenvalue weighted by molar-refractivity contribution is 7.10. The van der Waals surface area contributed by atoms with Gasteiger partial charge >= 0.3 is 5.97 Å². The van der Waals surface area contributed by atoms with Crippen molar-refractivity contribution in [3.63, 3.8) is 0 Å². The molecule has 2 aromatic carbocycles. The van der Waals surface area contributed by atoms with Crippen LogP contribution in [0.1, 0.15) is 109 Å². The summed E-state index contributed by atoms with van der Waals surface area (Å²) >= 11 is 15.0. The van der Waals surface area contributed by atoms with Gasteiger partial charge in [-0.2, -0.15) is 0 Å². The number of likely N-dealkylation sites (tertiary alicyclic amines) is 3. The summed E-state index contributed by atoms with van der Waals surface area (Å²) in [4.78, 5) is 53.8. The van der Waals surface area contributed by atoms with Crippen molar-refractivity contribution in [2.75, 3.05) is 78.9 Å². The van der Waals surface area contributed by atoms with Gasteiger partial charge in [-0.1, -0.05) is 47.5 Å². The fourth-order valence-electron chi connectivity index (χ4n) is 11.9. The number of rotatable bonds is 17. The Hall–Kier alpha value is -3.27. The van der Waals surface area contributed by atoms with Crippen molar-refractivity contribution >= 4 is 63.4 Å². The van der Waals surface area contributed by atoms with Gasteiger partial charge in [-0.15, -0.1) is 22.7 Å². The summed E-state index contributed by atoms with van der Waals surface area (Å²) in [5.41, 5.74) is 3.35. The van der Waals surface area contributed by atoms with Crippen LogP contribution < -0.4 is 0 Å². The topological polar surface area (TPSA) is 173 Å². The van der Waals surface area contributed by atoms with Gasteiger partial charge in [0.2, 0.25) is 0 Å². The van der Waals surface area contributed by atoms with Gasteiger partial charge in [0.05, 0.1) is 65.8 Å². The summed E-state index contributed by atoms with van der Waals surface area (Å²) in [5, 5.41) is 26.6. The van der Waals surface area contributed by atoms with Crippen molar-refractivity contribution in [3.8, 4) is 22.5 Å². The predicted octanol–water partition coefficient (Wildman–Crippen LogP) is 10.5. The van der Waals surface area contributed by atoms with Gasteiger partial charge in [0.15, 0.2) is 11.6 Å². The Labute approximate surface area is 492 Å². The second-order valence-electron chi connectivity index (χ2n) is 24.5. The number of aliphatic hydroxyl groups is 1. The third kappa shape index (κ3) is 19.4. The van der Waals surface area contributed by atoms with Crippen LogP contribution in [0.4, 0.5) is 0 Å². The molecule has 2 N–H and O–H groups in total. The molecule has 0 spiro atoms. The van der Waals surface area contributed by atoms with Crippen LogP contribution >= 0.6 is 45.9 Å². The number of carboxylic acids is 1. The van der Waals surface area contributed by atoms with Gasteiger partial charge in [-0.3, -0.25) is 29.1 Å². The molecule has 6 saturated heterocycles. The second-order valence-corrected chi connectivity index (χ2v) is 27.3. The summed E-state index contributed by atoms with van der Waals surface area (Å²) in [6.45, 7) is 21.9. The molecular formula is C61H85Cl2N5O10S2. The Morgan fingerprint density at radius 3 is 1.29 bits per heavy atom. The second kappa shape index (κ2) is 29.5. The average Bonchev–Trinajstić information content (AvgIpc) is 4.29. The molecule has 440 valence electrons. The Kier molecular flexibility index (Phi) is 23.1. The van der Waals surface area contributed by atoms with Gasteiger partial charge in [0, 0.05) is 117 Å². The molecule has 0 unspecified atom stereocenters. The first kappa shape index (κ1) is 62.8. The lowest BCUT2D eigenvalue weighted by molar-refractivity contribution is -0.142. The van der Waals surface area contributed by atoms with Gasteiger partial charge in [-0.25, -0.2) is 9.97 Å². The van der Waals surface area contributed by atoms with Gasteiger partial charge < -0.3 is 33.9 Å². The lowest BCUT2D eigenvalue weighted by atomic mass is 9.98. The Balaban J connectivity index is 0.000000162. The van der Waals surface area contributed by atoms with Crippen LogP contribution in [0.15, 0.2) is 59.3 Å². The molecule has 80 heavy (non-hydrogen) atoms. The molecule has 6 atom stereocenters. The maximum atomic E-state index is 13.4. The monoisotopic (exact) mass is 1180 g/mol. The molecule has 2 aromatic heterocycles. The molecule has 15 nitrogen and oxygen atoms in total. The summed E-state index contributed by atoms with van der Waals surface area (Å²) < 4.78 is 28.6. The number of carbonyl (C=O) groups is 3. The molecule has 6 fully saturated rings. The zero-order valence-electron chi connectivity index (χ0n) is 47.7. The zero-order valence-corrected chi connectivity index (χ0v) is 50.8. The van der Waals surface area contributed by atoms with Crippen LogP contribution in [0.25, 0.3) is 22.5 Å². The molecular weight excluding hydrogens is 1100 g/mol. The lowest BCUT2D eigenvalue weighted by Crippen LogP contribution is -2.41. The number of benzene rings is 2. The number of aliphatic hydroxyl groups excluding tert-OH is 1. The van der Waals surface area contributed by atoms with Crippen molar-refractivity contribution < 1.29 is 48.3 Å². The number of carbonyl (C=O) groups excluding carboxylic acids is 2. The predicted molar refractivity (Wildman–Crippen MR) is 316 cm³/mol. The number of β-amino-alcohol motifs (C(OH)–C–C–N with tert-alkyl or cyclic N) is 1. The quantitative estimate of drug-likeness (QED) is 0.102. The Bertz CT molecular complexity index is 2570. The summed E-state index contributed by atoms with van der Waals surface area (Å²) in [6, 6.07) is 14.5. The number of hydrogen-bond acceptors (Lipinski definition) is 16. The van der Waals surface area contributed by atoms with E-state index in [0.717, 1.165) is 150 Å². The molecule has 0 saturated carbocycles. The smallest absolute Gasteiger partial charge is 0.321 e. The first-order chi connectivity index (χ1) is 38.2. The van der Waals surface area contributed by atoms with Gasteiger partial charge in [0.1, 0.15) is 16.1 Å². The molecule has 0 radical (unpaired) electrons. The van der Waals surface area contributed by atoms with Crippen molar-refractivity contribution in [2.45, 2.75) is 160 Å². The van der Waals surface area contributed by atoms with E-state index >= 15 is 0 Å². The molecule has 6 aliphatic rings. The largest absolute Gasteiger partial charge is 0.480 e. The number of aliphatic carboxylic acids is 1. The van der Waals surface area contributed by atoms with Crippen molar-refractivity contribution in [1.82, 2.24) is 24.7 Å². The third-order valence-corrected chi connectivity index (χ3v) is 17.9. The Morgan fingerprint density at radius 2 is 0.912 bits per heavy atom. The molecule has 0 aliphatic carbocycles. The SMILES string of the molecule is CC(C)(C)O[C@@H]1C[C@@H](C(=O)Cc2nc(-c3ccc(Cl)cc3)cs2)N(CC2CCOCC2)C1.CC(C)(C)O[C@@H]1C[C@@H](C(=O)O)N(CC2CCOCC2)C1.O=C(Cc1nc(-c2ccc(Cl)cc2)cs1)[C@@H]1C[C@@H](O)CN1CC1CCOCC1. The minimum absolute atomic E-state index is 0.0240. The average molecular weight is 1180 g/mol. The van der Waals surface area contributed by atoms with E-state index in [1.54, 1.807) is 11.3 Å². The van der Waals surface area contributed by atoms with Crippen LogP contribution in [-0.2, 0) is 50.9 Å². The maximum Gasteiger partial charge on any atom is 0.321 e. The fraction of sp³-hybridized carbons (Fsp3) is 0.656. The maximum absolute atomic E-state index is 13.4. The first-order valence-electron chi connectivity index (χ1n) is 28.9. The van der Waals surface area contributed by atoms with Crippen LogP contribution in [-0.4, -0.2) is 179 Å². The molecule has 8 heterocycles. The molecule has 19 heteroatoms. The number of nitrogens with zero attached hydrogens (tertiary/aromatic N) is 5. The van der Waals surface area contributed by atoms with E-state index in [2.05, 4.69) is 40.5 Å². The zero-order chi connectivity index (χ0) is 57.0. The molecule has 6 aliphatic heterocycles. The van der Waals surface area contributed by atoms with E-state index in [1.807, 2.05) is 80.1 Å². The molecule has 0 amide bonds. The highest BCUT2D eigenvalue weighted by atomic mass is 35.5. The number of Topliss-reactive ketones (excluding diaryl/α,β-unsaturated/α-hetero) is 2. The van der Waals surface area contributed by atoms with E-state index in [-0.39, 0.29) is 47.1 Å². The summed E-state index contributed by atoms with van der Waals surface area (Å²) in [6.07, 6.45) is 8.53. The minimum Gasteiger partial charge on any atom is -0.480 e. The number of ether oxygens (including phenoxy) is 5. The van der Waals surface area contributed by atoms with E-state index in [4.69, 9.17) is 51.9 Å². The minimum atomic E-state index is -0.725. The summed E-state index contributed by atoms with van der Waals surface area (Å²) in [5.74, 6) is 1.36. The van der Waals surface area contributed by atoms with Crippen LogP contribution in [0.2, 0.25) is 10.0 Å². The molecule has 0 bridgehead atoms. The van der Waals surface area contributed by atoms with Crippen LogP contribution in [0, 0.1) is 17.8 Å². The first-order valence-corrected chi connectivity index (χ1v) is 31.4. The molecule has 4 aromatic rings. The number of thiazole rings is 2. The number of carboxylic acid groups (broad SMARTS) is 1. The summed E-state index contributed by atoms with van der Waals surface area (Å²) in [7, 11) is 0. The number of halogens is 2. The van der Waals surface area contributed by atoms with E-state index in [0.29, 0.717) is 60.0 Å². The standard InChI is InChI=1S/C25H33ClN2O3S.C21H25ClN2O3S.C15H27NO4/c1-25(2,3)31-20-12-22(28(15-20)14-17-8-10-30-11-9-17)23(29)13-24-27-21(16-32-24)18-4-6-19(26)7-5-18;22-16-3-1-15(2-4-16)18-13-28-21(23-18)10-20(26)19-9-17(25)12-24(19)11-14-5-7-27-8-6-14;1-15(2,3)20-12-8-13(14(17)18)16(10-12)9-11-4-6-19-7-5-11/h4-7,16-17,20,22H,8-15H2,1-3H3;1-4,13-14,17,19,25H,5-12H2;11-13H,4-10H2,1-3H3,(H,17,18)/t20-,22+;17-,19+;12-,13+/m111/s1. The number of aromatic nitrogens is 2. The third-order valence-electron chi connectivity index (χ3n) is 15.7. The van der Waals surface area contributed by atoms with Crippen molar-refractivity contribution in [1.29, 1.82) is 0 Å². The van der Waals surface area contributed by atoms with Crippen molar-refractivity contribution in [2.24, 2.45) is 17.8 Å². The molecule has 10 rings (SSSR count). The van der Waals surface area contributed by atoms with E-state index in [9.17, 15) is 24.6 Å². The van der Waals surface area contributed by atoms with E-state index < -0.39 is 18.1 Å². The fourth-order valence-corrected chi connectivity index (χ4v) is 13.8. The van der Waals surface area contributed by atoms with E-state index in [1.165, 1.54) is 11.3 Å². The normalized spacial score (nSPS) is 25.0. The van der Waals surface area contributed by atoms with Crippen LogP contribution in [0.5, 0.6) is 0 Å². The lowest BCUT2D eigenvalue weighted by Gasteiger charge is -2.30. The van der Waals surface area contributed by atoms with Gasteiger partial charge in [-0.05, 0) is 135 Å². The number of hydrogen-bond donors (Lipinski definition) is 2.